The van der Waals surface area contributed by atoms with E-state index in [2.05, 4.69) is 4.72 Å². The van der Waals surface area contributed by atoms with Gasteiger partial charge in [0.2, 0.25) is 0 Å². The summed E-state index contributed by atoms with van der Waals surface area (Å²) in [7, 11) is -3.92. The zero-order chi connectivity index (χ0) is 15.7. The van der Waals surface area contributed by atoms with Crippen LogP contribution in [0.4, 0.5) is 18.9 Å². The molecule has 0 aliphatic heterocycles. The van der Waals surface area contributed by atoms with Crippen LogP contribution in [0.3, 0.4) is 0 Å². The van der Waals surface area contributed by atoms with Gasteiger partial charge in [-0.15, -0.1) is 11.3 Å². The van der Waals surface area contributed by atoms with E-state index in [0.29, 0.717) is 4.88 Å². The molecular weight excluding hydrogens is 325 g/mol. The Balaban J connectivity index is 2.28. The lowest BCUT2D eigenvalue weighted by Crippen LogP contribution is -2.12. The predicted octanol–water partition coefficient (Wildman–Crippen LogP) is 3.03. The molecule has 21 heavy (non-hydrogen) atoms. The largest absolute Gasteiger partial charge is 0.416 e. The fraction of sp³-hybridized carbons (Fsp3) is 0.167. The second kappa shape index (κ2) is 5.66. The van der Waals surface area contributed by atoms with Gasteiger partial charge in [-0.3, -0.25) is 4.72 Å². The van der Waals surface area contributed by atoms with Crippen LogP contribution in [0.2, 0.25) is 0 Å². The summed E-state index contributed by atoms with van der Waals surface area (Å²) >= 11 is 0.971. The van der Waals surface area contributed by atoms with Crippen molar-refractivity contribution >= 4 is 27.0 Å². The van der Waals surface area contributed by atoms with Gasteiger partial charge in [0.1, 0.15) is 4.21 Å². The third-order valence-corrected chi connectivity index (χ3v) is 5.53. The summed E-state index contributed by atoms with van der Waals surface area (Å²) in [6, 6.07) is 6.93. The normalized spacial score (nSPS) is 12.4. The van der Waals surface area contributed by atoms with Crippen LogP contribution < -0.4 is 10.5 Å². The van der Waals surface area contributed by atoms with E-state index in [9.17, 15) is 21.6 Å². The van der Waals surface area contributed by atoms with Crippen molar-refractivity contribution in [2.45, 2.75) is 16.9 Å². The van der Waals surface area contributed by atoms with E-state index in [1.165, 1.54) is 12.1 Å². The highest BCUT2D eigenvalue weighted by molar-refractivity contribution is 7.94. The minimum absolute atomic E-state index is 0.000335. The molecule has 4 nitrogen and oxygen atoms in total. The van der Waals surface area contributed by atoms with E-state index in [1.807, 2.05) is 0 Å². The Morgan fingerprint density at radius 2 is 1.90 bits per heavy atom. The second-order valence-electron chi connectivity index (χ2n) is 4.11. The third kappa shape index (κ3) is 3.74. The SMILES string of the molecule is NCc1ccc(S(=O)(=O)Nc2cccc(C(F)(F)F)c2)s1. The van der Waals surface area contributed by atoms with Gasteiger partial charge in [-0.05, 0) is 30.3 Å². The summed E-state index contributed by atoms with van der Waals surface area (Å²) in [6.07, 6.45) is -4.53. The lowest BCUT2D eigenvalue weighted by atomic mass is 10.2. The van der Waals surface area contributed by atoms with Crippen molar-refractivity contribution in [3.05, 3.63) is 46.8 Å². The molecule has 1 aromatic heterocycles. The minimum Gasteiger partial charge on any atom is -0.326 e. The maximum atomic E-state index is 12.6. The van der Waals surface area contributed by atoms with Crippen molar-refractivity contribution in [1.82, 2.24) is 0 Å². The highest BCUT2D eigenvalue weighted by Crippen LogP contribution is 2.31. The first-order chi connectivity index (χ1) is 9.72. The van der Waals surface area contributed by atoms with E-state index in [-0.39, 0.29) is 16.4 Å². The Kier molecular flexibility index (Phi) is 4.26. The van der Waals surface area contributed by atoms with Crippen molar-refractivity contribution in [3.8, 4) is 0 Å². The lowest BCUT2D eigenvalue weighted by molar-refractivity contribution is -0.137. The number of anilines is 1. The summed E-state index contributed by atoms with van der Waals surface area (Å²) in [5.41, 5.74) is 4.33. The van der Waals surface area contributed by atoms with E-state index in [4.69, 9.17) is 5.73 Å². The number of rotatable bonds is 4. The zero-order valence-electron chi connectivity index (χ0n) is 10.5. The molecule has 0 bridgehead atoms. The molecular formula is C12H11F3N2O2S2. The van der Waals surface area contributed by atoms with Crippen LogP contribution in [-0.4, -0.2) is 8.42 Å². The van der Waals surface area contributed by atoms with Gasteiger partial charge < -0.3 is 5.73 Å². The molecule has 1 heterocycles. The fourth-order valence-corrected chi connectivity index (χ4v) is 3.86. The first kappa shape index (κ1) is 15.8. The highest BCUT2D eigenvalue weighted by atomic mass is 32.2. The molecule has 1 aromatic carbocycles. The summed E-state index contributed by atoms with van der Waals surface area (Å²) in [5.74, 6) is 0. The Morgan fingerprint density at radius 3 is 2.48 bits per heavy atom. The Morgan fingerprint density at radius 1 is 1.19 bits per heavy atom. The predicted molar refractivity (Wildman–Crippen MR) is 74.5 cm³/mol. The monoisotopic (exact) mass is 336 g/mol. The molecule has 0 aliphatic rings. The van der Waals surface area contributed by atoms with E-state index in [0.717, 1.165) is 29.5 Å². The van der Waals surface area contributed by atoms with Crippen LogP contribution in [0.25, 0.3) is 0 Å². The molecule has 2 aromatic rings. The van der Waals surface area contributed by atoms with Gasteiger partial charge in [-0.25, -0.2) is 8.42 Å². The maximum absolute atomic E-state index is 12.6. The average molecular weight is 336 g/mol. The molecule has 9 heteroatoms. The van der Waals surface area contributed by atoms with Crippen LogP contribution in [0.5, 0.6) is 0 Å². The number of hydrogen-bond donors (Lipinski definition) is 2. The highest BCUT2D eigenvalue weighted by Gasteiger charge is 2.30. The minimum atomic E-state index is -4.53. The summed E-state index contributed by atoms with van der Waals surface area (Å²) in [6.45, 7) is 0.198. The number of alkyl halides is 3. The Bertz CT molecular complexity index is 739. The number of thiophene rings is 1. The van der Waals surface area contributed by atoms with Gasteiger partial charge in [0.25, 0.3) is 10.0 Å². The molecule has 3 N–H and O–H groups in total. The molecule has 2 rings (SSSR count). The van der Waals surface area contributed by atoms with Gasteiger partial charge in [0.05, 0.1) is 5.56 Å². The maximum Gasteiger partial charge on any atom is 0.416 e. The van der Waals surface area contributed by atoms with Crippen LogP contribution >= 0.6 is 11.3 Å². The average Bonchev–Trinajstić information content (AvgIpc) is 2.87. The summed E-state index contributed by atoms with van der Waals surface area (Å²) in [5, 5.41) is 0. The van der Waals surface area contributed by atoms with Crippen molar-refractivity contribution < 1.29 is 21.6 Å². The van der Waals surface area contributed by atoms with E-state index >= 15 is 0 Å². The van der Waals surface area contributed by atoms with Gasteiger partial charge in [-0.2, -0.15) is 13.2 Å². The number of hydrogen-bond acceptors (Lipinski definition) is 4. The molecule has 0 saturated heterocycles. The zero-order valence-corrected chi connectivity index (χ0v) is 12.1. The van der Waals surface area contributed by atoms with Gasteiger partial charge >= 0.3 is 6.18 Å². The van der Waals surface area contributed by atoms with Gasteiger partial charge in [-0.1, -0.05) is 6.07 Å². The van der Waals surface area contributed by atoms with Gasteiger partial charge in [0.15, 0.2) is 0 Å². The fourth-order valence-electron chi connectivity index (χ4n) is 1.58. The topological polar surface area (TPSA) is 72.2 Å². The third-order valence-electron chi connectivity index (χ3n) is 2.55. The van der Waals surface area contributed by atoms with Crippen LogP contribution in [0.1, 0.15) is 10.4 Å². The summed E-state index contributed by atoms with van der Waals surface area (Å²) < 4.78 is 64.0. The first-order valence-electron chi connectivity index (χ1n) is 5.71. The van der Waals surface area contributed by atoms with Gasteiger partial charge in [0, 0.05) is 17.1 Å². The lowest BCUT2D eigenvalue weighted by Gasteiger charge is -2.10. The summed E-state index contributed by atoms with van der Waals surface area (Å²) in [4.78, 5) is 0.666. The van der Waals surface area contributed by atoms with E-state index in [1.54, 1.807) is 6.07 Å². The standard InChI is InChI=1S/C12H11F3N2O2S2/c13-12(14,15)8-2-1-3-9(6-8)17-21(18,19)11-5-4-10(7-16)20-11/h1-6,17H,7,16H2. The molecule has 0 radical (unpaired) electrons. The number of nitrogens with two attached hydrogens (primary N) is 1. The van der Waals surface area contributed by atoms with Crippen LogP contribution in [0, 0.1) is 0 Å². The molecule has 0 atom stereocenters. The number of benzene rings is 1. The van der Waals surface area contributed by atoms with Crippen LogP contribution in [-0.2, 0) is 22.7 Å². The Hall–Kier alpha value is -1.58. The molecule has 0 fully saturated rings. The first-order valence-corrected chi connectivity index (χ1v) is 8.01. The van der Waals surface area contributed by atoms with Crippen molar-refractivity contribution in [2.24, 2.45) is 5.73 Å². The molecule has 0 spiro atoms. The quantitative estimate of drug-likeness (QED) is 0.901. The smallest absolute Gasteiger partial charge is 0.326 e. The number of sulfonamides is 1. The second-order valence-corrected chi connectivity index (χ2v) is 7.19. The molecule has 0 aliphatic carbocycles. The molecule has 0 amide bonds. The molecule has 114 valence electrons. The molecule has 0 saturated carbocycles. The Labute approximate surface area is 123 Å². The van der Waals surface area contributed by atoms with E-state index < -0.39 is 21.8 Å². The van der Waals surface area contributed by atoms with Crippen molar-refractivity contribution in [1.29, 1.82) is 0 Å². The number of nitrogens with one attached hydrogen (secondary N) is 1. The molecule has 0 unspecified atom stereocenters. The van der Waals surface area contributed by atoms with Crippen molar-refractivity contribution in [3.63, 3.8) is 0 Å². The van der Waals surface area contributed by atoms with Crippen LogP contribution in [0.15, 0.2) is 40.6 Å². The number of halogens is 3. The van der Waals surface area contributed by atoms with Crippen molar-refractivity contribution in [2.75, 3.05) is 4.72 Å².